The van der Waals surface area contributed by atoms with Crippen LogP contribution in [0.5, 0.6) is 11.5 Å². The summed E-state index contributed by atoms with van der Waals surface area (Å²) in [5.41, 5.74) is 0.894. The molecule has 1 fully saturated rings. The maximum absolute atomic E-state index is 11.0. The maximum Gasteiger partial charge on any atom is 0.321 e. The maximum atomic E-state index is 11.0. The summed E-state index contributed by atoms with van der Waals surface area (Å²) in [5.74, 6) is 0.830. The Labute approximate surface area is 139 Å². The summed E-state index contributed by atoms with van der Waals surface area (Å²) in [6.45, 7) is 4.99. The number of hydrogen-bond donors (Lipinski definition) is 2. The average molecular weight is 346 g/mol. The average Bonchev–Trinajstić information content (AvgIpc) is 2.96. The van der Waals surface area contributed by atoms with E-state index in [1.54, 1.807) is 11.8 Å². The molecule has 5 nitrogen and oxygen atoms in total. The summed E-state index contributed by atoms with van der Waals surface area (Å²) in [4.78, 5) is 11.0. The number of hydrogen-bond acceptors (Lipinski definition) is 5. The van der Waals surface area contributed by atoms with Gasteiger partial charge in [0.25, 0.3) is 0 Å². The molecule has 2 rings (SSSR count). The summed E-state index contributed by atoms with van der Waals surface area (Å²) in [7, 11) is 0. The zero-order valence-corrected chi connectivity index (χ0v) is 14.2. The first-order chi connectivity index (χ1) is 10.6. The van der Waals surface area contributed by atoms with E-state index in [0.29, 0.717) is 35.5 Å². The Morgan fingerprint density at radius 3 is 2.82 bits per heavy atom. The first kappa shape index (κ1) is 17.2. The van der Waals surface area contributed by atoms with Crippen LogP contribution < -0.4 is 14.8 Å². The van der Waals surface area contributed by atoms with E-state index in [1.807, 2.05) is 26.0 Å². The lowest BCUT2D eigenvalue weighted by atomic mass is 10.2. The number of benzene rings is 1. The van der Waals surface area contributed by atoms with Crippen LogP contribution in [0.25, 0.3) is 0 Å². The molecule has 0 spiro atoms. The van der Waals surface area contributed by atoms with Crippen LogP contribution in [0.1, 0.15) is 31.2 Å². The zero-order chi connectivity index (χ0) is 16.1. The number of thioether (sulfide) groups is 1. The van der Waals surface area contributed by atoms with Crippen LogP contribution in [0.15, 0.2) is 12.1 Å². The Hall–Kier alpha value is -1.11. The van der Waals surface area contributed by atoms with Gasteiger partial charge in [-0.15, -0.1) is 11.8 Å². The van der Waals surface area contributed by atoms with Crippen molar-refractivity contribution in [2.75, 3.05) is 19.0 Å². The Morgan fingerprint density at radius 2 is 2.23 bits per heavy atom. The van der Waals surface area contributed by atoms with Crippen LogP contribution in [-0.4, -0.2) is 36.1 Å². The van der Waals surface area contributed by atoms with Gasteiger partial charge in [-0.2, -0.15) is 0 Å². The summed E-state index contributed by atoms with van der Waals surface area (Å²) in [6.07, 6.45) is 0.879. The molecule has 22 heavy (non-hydrogen) atoms. The highest BCUT2D eigenvalue weighted by Gasteiger charge is 2.31. The quantitative estimate of drug-likeness (QED) is 0.790. The van der Waals surface area contributed by atoms with Gasteiger partial charge in [-0.05, 0) is 31.0 Å². The molecule has 1 aromatic rings. The van der Waals surface area contributed by atoms with E-state index in [9.17, 15) is 4.79 Å². The molecule has 0 amide bonds. The summed E-state index contributed by atoms with van der Waals surface area (Å²) in [6, 6.07) is 3.14. The highest BCUT2D eigenvalue weighted by Crippen LogP contribution is 2.42. The molecular weight excluding hydrogens is 326 g/mol. The fraction of sp³-hybridized carbons (Fsp3) is 0.533. The van der Waals surface area contributed by atoms with Crippen LogP contribution in [0.4, 0.5) is 0 Å². The van der Waals surface area contributed by atoms with Gasteiger partial charge in [-0.25, -0.2) is 0 Å². The Balaban J connectivity index is 2.24. The van der Waals surface area contributed by atoms with E-state index in [1.165, 1.54) is 0 Å². The number of carboxylic acids is 1. The van der Waals surface area contributed by atoms with Crippen molar-refractivity contribution in [2.24, 2.45) is 0 Å². The van der Waals surface area contributed by atoms with E-state index in [-0.39, 0.29) is 5.37 Å². The van der Waals surface area contributed by atoms with Gasteiger partial charge in [0.05, 0.1) is 23.6 Å². The molecule has 2 N–H and O–H groups in total. The number of ether oxygens (including phenoxy) is 2. The second kappa shape index (κ2) is 7.94. The van der Waals surface area contributed by atoms with E-state index in [4.69, 9.17) is 26.2 Å². The molecule has 1 aromatic carbocycles. The van der Waals surface area contributed by atoms with Crippen LogP contribution >= 0.6 is 23.4 Å². The number of nitrogens with one attached hydrogen (secondary N) is 1. The zero-order valence-electron chi connectivity index (χ0n) is 12.6. The highest BCUT2D eigenvalue weighted by molar-refractivity contribution is 7.99. The number of rotatable bonds is 7. The van der Waals surface area contributed by atoms with E-state index in [2.05, 4.69) is 5.32 Å². The minimum Gasteiger partial charge on any atom is -0.490 e. The number of halogens is 1. The monoisotopic (exact) mass is 345 g/mol. The van der Waals surface area contributed by atoms with Crippen molar-refractivity contribution in [1.82, 2.24) is 5.32 Å². The van der Waals surface area contributed by atoms with Crippen molar-refractivity contribution >= 4 is 29.3 Å². The van der Waals surface area contributed by atoms with Gasteiger partial charge in [0.2, 0.25) is 0 Å². The topological polar surface area (TPSA) is 67.8 Å². The summed E-state index contributed by atoms with van der Waals surface area (Å²) < 4.78 is 11.3. The van der Waals surface area contributed by atoms with Crippen LogP contribution in [-0.2, 0) is 4.79 Å². The molecule has 1 aliphatic rings. The van der Waals surface area contributed by atoms with Gasteiger partial charge in [0.15, 0.2) is 11.5 Å². The molecule has 0 aliphatic carbocycles. The SMILES string of the molecule is CCCOc1c(Cl)cc(C2NC(C(=O)O)CS2)cc1OCC. The molecular formula is C15H20ClNO4S. The van der Waals surface area contributed by atoms with Crippen molar-refractivity contribution < 1.29 is 19.4 Å². The smallest absolute Gasteiger partial charge is 0.321 e. The molecule has 1 aliphatic heterocycles. The van der Waals surface area contributed by atoms with Gasteiger partial charge in [-0.1, -0.05) is 18.5 Å². The van der Waals surface area contributed by atoms with E-state index in [0.717, 1.165) is 12.0 Å². The first-order valence-corrected chi connectivity index (χ1v) is 8.69. The second-order valence-corrected chi connectivity index (χ2v) is 6.43. The molecule has 2 unspecified atom stereocenters. The lowest BCUT2D eigenvalue weighted by Crippen LogP contribution is -2.33. The Kier molecular flexibility index (Phi) is 6.23. The third kappa shape index (κ3) is 4.00. The van der Waals surface area contributed by atoms with Crippen molar-refractivity contribution in [3.05, 3.63) is 22.7 Å². The largest absolute Gasteiger partial charge is 0.490 e. The second-order valence-electron chi connectivity index (χ2n) is 4.88. The minimum atomic E-state index is -0.839. The Morgan fingerprint density at radius 1 is 1.45 bits per heavy atom. The third-order valence-corrected chi connectivity index (χ3v) is 4.71. The molecule has 7 heteroatoms. The van der Waals surface area contributed by atoms with Gasteiger partial charge in [0, 0.05) is 5.75 Å². The fourth-order valence-corrected chi connectivity index (χ4v) is 3.64. The van der Waals surface area contributed by atoms with E-state index < -0.39 is 12.0 Å². The van der Waals surface area contributed by atoms with Gasteiger partial charge in [0.1, 0.15) is 6.04 Å². The molecule has 1 heterocycles. The number of aliphatic carboxylic acids is 1. The molecule has 122 valence electrons. The highest BCUT2D eigenvalue weighted by atomic mass is 35.5. The van der Waals surface area contributed by atoms with Gasteiger partial charge < -0.3 is 14.6 Å². The Bertz CT molecular complexity index is 541. The van der Waals surface area contributed by atoms with Crippen molar-refractivity contribution in [1.29, 1.82) is 0 Å². The van der Waals surface area contributed by atoms with Crippen LogP contribution in [0.2, 0.25) is 5.02 Å². The summed E-state index contributed by atoms with van der Waals surface area (Å²) >= 11 is 7.87. The molecule has 0 aromatic heterocycles. The van der Waals surface area contributed by atoms with Crippen molar-refractivity contribution in [3.8, 4) is 11.5 Å². The molecule has 2 atom stereocenters. The molecule has 1 saturated heterocycles. The molecule has 0 saturated carbocycles. The van der Waals surface area contributed by atoms with Crippen LogP contribution in [0, 0.1) is 0 Å². The lowest BCUT2D eigenvalue weighted by Gasteiger charge is -2.17. The number of carboxylic acid groups (broad SMARTS) is 1. The van der Waals surface area contributed by atoms with Gasteiger partial charge >= 0.3 is 5.97 Å². The first-order valence-electron chi connectivity index (χ1n) is 7.26. The van der Waals surface area contributed by atoms with Crippen LogP contribution in [0.3, 0.4) is 0 Å². The normalized spacial score (nSPS) is 20.9. The fourth-order valence-electron chi connectivity index (χ4n) is 2.15. The number of carbonyl (C=O) groups is 1. The van der Waals surface area contributed by atoms with Crippen molar-refractivity contribution in [3.63, 3.8) is 0 Å². The minimum absolute atomic E-state index is 0.113. The standard InChI is InChI=1S/C15H20ClNO4S/c1-3-5-21-13-10(16)6-9(7-12(13)20-4-2)14-17-11(8-22-14)15(18)19/h6-7,11,14,17H,3-5,8H2,1-2H3,(H,18,19). The summed E-state index contributed by atoms with van der Waals surface area (Å²) in [5, 5.41) is 12.5. The predicted molar refractivity (Wildman–Crippen MR) is 88.2 cm³/mol. The van der Waals surface area contributed by atoms with Crippen molar-refractivity contribution in [2.45, 2.75) is 31.7 Å². The third-order valence-electron chi connectivity index (χ3n) is 3.17. The van der Waals surface area contributed by atoms with E-state index >= 15 is 0 Å². The van der Waals surface area contributed by atoms with Gasteiger partial charge in [-0.3, -0.25) is 10.1 Å². The molecule has 0 radical (unpaired) electrons. The molecule has 0 bridgehead atoms. The lowest BCUT2D eigenvalue weighted by molar-refractivity contribution is -0.138. The predicted octanol–water partition coefficient (Wildman–Crippen LogP) is 3.32.